The monoisotopic (exact) mass is 329 g/mol. The summed E-state index contributed by atoms with van der Waals surface area (Å²) in [6.07, 6.45) is 0. The third-order valence-corrected chi connectivity index (χ3v) is 3.69. The van der Waals surface area contributed by atoms with Crippen molar-refractivity contribution in [1.29, 1.82) is 0 Å². The van der Waals surface area contributed by atoms with Gasteiger partial charge in [0.15, 0.2) is 0 Å². The Labute approximate surface area is 139 Å². The van der Waals surface area contributed by atoms with Crippen molar-refractivity contribution in [3.63, 3.8) is 0 Å². The fraction of sp³-hybridized carbons (Fsp3) is 0.375. The second-order valence-electron chi connectivity index (χ2n) is 6.10. The van der Waals surface area contributed by atoms with E-state index in [2.05, 4.69) is 20.8 Å². The zero-order chi connectivity index (χ0) is 17.3. The van der Waals surface area contributed by atoms with Gasteiger partial charge in [0.25, 0.3) is 0 Å². The molecule has 0 fully saturated rings. The molecule has 0 aliphatic carbocycles. The molecule has 1 aliphatic rings. The first kappa shape index (κ1) is 16.0. The maximum absolute atomic E-state index is 12.6. The molecular weight excluding hydrogens is 310 g/mol. The first-order valence-corrected chi connectivity index (χ1v) is 7.69. The maximum Gasteiger partial charge on any atom is 0.338 e. The number of allylic oxidation sites excluding steroid dienone is 1. The van der Waals surface area contributed by atoms with E-state index in [1.165, 1.54) is 4.68 Å². The van der Waals surface area contributed by atoms with Gasteiger partial charge in [-0.1, -0.05) is 31.1 Å². The van der Waals surface area contributed by atoms with Crippen LogP contribution in [0.5, 0.6) is 5.75 Å². The van der Waals surface area contributed by atoms with E-state index in [-0.39, 0.29) is 11.7 Å². The van der Waals surface area contributed by atoms with Gasteiger partial charge in [0.1, 0.15) is 11.8 Å². The third-order valence-electron chi connectivity index (χ3n) is 3.69. The van der Waals surface area contributed by atoms with Gasteiger partial charge in [-0.2, -0.15) is 4.68 Å². The van der Waals surface area contributed by atoms with Crippen LogP contribution in [0.2, 0.25) is 0 Å². The topological polar surface area (TPSA) is 102 Å². The Morgan fingerprint density at radius 2 is 2.08 bits per heavy atom. The molecule has 0 saturated heterocycles. The third kappa shape index (κ3) is 2.94. The second-order valence-corrected chi connectivity index (χ2v) is 6.10. The van der Waals surface area contributed by atoms with Gasteiger partial charge in [-0.15, -0.1) is 0 Å². The van der Waals surface area contributed by atoms with Crippen LogP contribution in [-0.2, 0) is 9.53 Å². The number of nitrogens with one attached hydrogen (secondary N) is 1. The molecular formula is C16H19N5O3. The summed E-state index contributed by atoms with van der Waals surface area (Å²) in [6.45, 7) is 6.08. The summed E-state index contributed by atoms with van der Waals surface area (Å²) >= 11 is 0. The number of anilines is 1. The van der Waals surface area contributed by atoms with E-state index in [1.807, 2.05) is 13.8 Å². The highest BCUT2D eigenvalue weighted by molar-refractivity contribution is 5.92. The fourth-order valence-corrected chi connectivity index (χ4v) is 2.56. The Balaban J connectivity index is 2.03. The van der Waals surface area contributed by atoms with Crippen LogP contribution in [0, 0.1) is 5.92 Å². The number of esters is 1. The standard InChI is InChI=1S/C16H19N5O3/c1-9(2)8-24-15(23)13-10(3)17-16-18-19-20-21(16)14(13)11-4-6-12(22)7-5-11/h4-7,9,14,22H,8H2,1-3H3,(H,17,18,20). The summed E-state index contributed by atoms with van der Waals surface area (Å²) < 4.78 is 6.95. The summed E-state index contributed by atoms with van der Waals surface area (Å²) in [7, 11) is 0. The van der Waals surface area contributed by atoms with E-state index in [4.69, 9.17) is 4.74 Å². The number of fused-ring (bicyclic) bond motifs is 1. The van der Waals surface area contributed by atoms with Crippen LogP contribution in [0.15, 0.2) is 35.5 Å². The van der Waals surface area contributed by atoms with Gasteiger partial charge < -0.3 is 15.2 Å². The summed E-state index contributed by atoms with van der Waals surface area (Å²) in [5, 5.41) is 24.1. The molecule has 1 atom stereocenters. The van der Waals surface area contributed by atoms with Crippen molar-refractivity contribution in [2.24, 2.45) is 5.92 Å². The Kier molecular flexibility index (Phi) is 4.20. The molecule has 8 heteroatoms. The van der Waals surface area contributed by atoms with E-state index in [0.29, 0.717) is 23.8 Å². The number of rotatable bonds is 4. The molecule has 8 nitrogen and oxygen atoms in total. The minimum Gasteiger partial charge on any atom is -0.508 e. The Morgan fingerprint density at radius 3 is 2.75 bits per heavy atom. The van der Waals surface area contributed by atoms with Crippen molar-refractivity contribution < 1.29 is 14.6 Å². The smallest absolute Gasteiger partial charge is 0.338 e. The summed E-state index contributed by atoms with van der Waals surface area (Å²) in [4.78, 5) is 12.6. The molecule has 1 aromatic carbocycles. The lowest BCUT2D eigenvalue weighted by atomic mass is 9.96. The van der Waals surface area contributed by atoms with Gasteiger partial charge in [-0.3, -0.25) is 0 Å². The maximum atomic E-state index is 12.6. The predicted molar refractivity (Wildman–Crippen MR) is 86.2 cm³/mol. The minimum absolute atomic E-state index is 0.147. The molecule has 126 valence electrons. The van der Waals surface area contributed by atoms with Gasteiger partial charge in [0.05, 0.1) is 12.2 Å². The zero-order valence-electron chi connectivity index (χ0n) is 13.7. The van der Waals surface area contributed by atoms with E-state index in [9.17, 15) is 9.90 Å². The average molecular weight is 329 g/mol. The lowest BCUT2D eigenvalue weighted by Gasteiger charge is -2.27. The van der Waals surface area contributed by atoms with Gasteiger partial charge in [-0.05, 0) is 41.0 Å². The number of aromatic nitrogens is 4. The zero-order valence-corrected chi connectivity index (χ0v) is 13.7. The first-order valence-electron chi connectivity index (χ1n) is 7.69. The average Bonchev–Trinajstić information content (AvgIpc) is 3.00. The molecule has 0 spiro atoms. The van der Waals surface area contributed by atoms with Gasteiger partial charge in [0.2, 0.25) is 5.95 Å². The van der Waals surface area contributed by atoms with Gasteiger partial charge in [-0.25, -0.2) is 4.79 Å². The molecule has 1 unspecified atom stereocenters. The summed E-state index contributed by atoms with van der Waals surface area (Å²) in [5.41, 5.74) is 1.86. The molecule has 1 aliphatic heterocycles. The lowest BCUT2D eigenvalue weighted by molar-refractivity contribution is -0.140. The fourth-order valence-electron chi connectivity index (χ4n) is 2.56. The Bertz CT molecular complexity index is 779. The molecule has 0 bridgehead atoms. The first-order chi connectivity index (χ1) is 11.5. The molecule has 2 aromatic rings. The molecule has 24 heavy (non-hydrogen) atoms. The number of aromatic hydroxyl groups is 1. The Hall–Kier alpha value is -2.90. The second kappa shape index (κ2) is 6.31. The lowest BCUT2D eigenvalue weighted by Crippen LogP contribution is -2.30. The van der Waals surface area contributed by atoms with E-state index in [0.717, 1.165) is 5.56 Å². The normalized spacial score (nSPS) is 16.8. The van der Waals surface area contributed by atoms with E-state index in [1.54, 1.807) is 31.2 Å². The number of hydrogen-bond acceptors (Lipinski definition) is 7. The predicted octanol–water partition coefficient (Wildman–Crippen LogP) is 1.87. The van der Waals surface area contributed by atoms with E-state index < -0.39 is 12.0 Å². The number of tetrazole rings is 1. The van der Waals surface area contributed by atoms with E-state index >= 15 is 0 Å². The van der Waals surface area contributed by atoms with Crippen molar-refractivity contribution in [2.45, 2.75) is 26.8 Å². The highest BCUT2D eigenvalue weighted by atomic mass is 16.5. The number of carbonyl (C=O) groups is 1. The van der Waals surface area contributed by atoms with Crippen LogP contribution in [0.4, 0.5) is 5.95 Å². The number of carbonyl (C=O) groups excluding carboxylic acids is 1. The van der Waals surface area contributed by atoms with Crippen molar-refractivity contribution in [3.05, 3.63) is 41.1 Å². The van der Waals surface area contributed by atoms with Crippen molar-refractivity contribution >= 4 is 11.9 Å². The number of phenolic OH excluding ortho intramolecular Hbond substituents is 1. The molecule has 2 heterocycles. The van der Waals surface area contributed by atoms with Crippen LogP contribution in [0.25, 0.3) is 0 Å². The number of ether oxygens (including phenoxy) is 1. The molecule has 0 saturated carbocycles. The van der Waals surface area contributed by atoms with Crippen LogP contribution in [0.1, 0.15) is 32.4 Å². The SMILES string of the molecule is CC1=C(C(=O)OCC(C)C)C(c2ccc(O)cc2)n2nnnc2N1. The molecule has 3 rings (SSSR count). The molecule has 0 amide bonds. The van der Waals surface area contributed by atoms with Crippen LogP contribution in [-0.4, -0.2) is 37.9 Å². The van der Waals surface area contributed by atoms with Gasteiger partial charge >= 0.3 is 5.97 Å². The highest BCUT2D eigenvalue weighted by Gasteiger charge is 2.34. The number of benzene rings is 1. The molecule has 1 aromatic heterocycles. The van der Waals surface area contributed by atoms with Crippen LogP contribution >= 0.6 is 0 Å². The molecule has 0 radical (unpaired) electrons. The number of hydrogen-bond donors (Lipinski definition) is 2. The largest absolute Gasteiger partial charge is 0.508 e. The van der Waals surface area contributed by atoms with Gasteiger partial charge in [0, 0.05) is 5.70 Å². The van der Waals surface area contributed by atoms with Crippen LogP contribution < -0.4 is 5.32 Å². The summed E-state index contributed by atoms with van der Waals surface area (Å²) in [6, 6.07) is 6.08. The van der Waals surface area contributed by atoms with Crippen LogP contribution in [0.3, 0.4) is 0 Å². The minimum atomic E-state index is -0.517. The highest BCUT2D eigenvalue weighted by Crippen LogP contribution is 2.35. The summed E-state index contributed by atoms with van der Waals surface area (Å²) in [5.74, 6) is 0.426. The van der Waals surface area contributed by atoms with Crippen molar-refractivity contribution in [2.75, 3.05) is 11.9 Å². The van der Waals surface area contributed by atoms with Crippen molar-refractivity contribution in [3.8, 4) is 5.75 Å². The quantitative estimate of drug-likeness (QED) is 0.825. The number of phenols is 1. The van der Waals surface area contributed by atoms with Crippen molar-refractivity contribution in [1.82, 2.24) is 20.2 Å². The Morgan fingerprint density at radius 1 is 1.38 bits per heavy atom. The number of nitrogens with zero attached hydrogens (tertiary/aromatic N) is 4. The molecule has 2 N–H and O–H groups in total.